The van der Waals surface area contributed by atoms with E-state index in [0.29, 0.717) is 17.5 Å². The lowest BCUT2D eigenvalue weighted by Gasteiger charge is -2.00. The topological polar surface area (TPSA) is 64.9 Å². The van der Waals surface area contributed by atoms with Crippen molar-refractivity contribution in [2.75, 3.05) is 5.73 Å². The first-order chi connectivity index (χ1) is 7.81. The number of hydrogen-bond donors (Lipinski definition) is 1. The summed E-state index contributed by atoms with van der Waals surface area (Å²) in [5, 5.41) is 0. The lowest BCUT2D eigenvalue weighted by atomic mass is 10.2. The van der Waals surface area contributed by atoms with Gasteiger partial charge in [0.1, 0.15) is 5.52 Å². The maximum atomic E-state index is 5.98. The lowest BCUT2D eigenvalue weighted by molar-refractivity contribution is 0.524. The summed E-state index contributed by atoms with van der Waals surface area (Å²) in [5.74, 6) is 1.92. The maximum Gasteiger partial charge on any atom is 0.247 e. The predicted octanol–water partition coefficient (Wildman–Crippen LogP) is 2.56. The Morgan fingerprint density at radius 1 is 1.12 bits per heavy atom. The van der Waals surface area contributed by atoms with E-state index in [2.05, 4.69) is 9.97 Å². The van der Waals surface area contributed by atoms with Crippen molar-refractivity contribution in [2.45, 2.75) is 37.5 Å². The number of anilines is 1. The molecule has 2 N–H and O–H groups in total. The van der Waals surface area contributed by atoms with Gasteiger partial charge in [0.25, 0.3) is 0 Å². The highest BCUT2D eigenvalue weighted by Gasteiger charge is 2.31. The molecule has 2 aromatic rings. The van der Waals surface area contributed by atoms with Crippen molar-refractivity contribution in [3.8, 4) is 0 Å². The van der Waals surface area contributed by atoms with Crippen LogP contribution in [0.4, 0.5) is 5.69 Å². The third kappa shape index (κ3) is 1.22. The first-order valence-corrected chi connectivity index (χ1v) is 5.88. The van der Waals surface area contributed by atoms with Gasteiger partial charge in [0.05, 0.1) is 11.4 Å². The predicted molar refractivity (Wildman–Crippen MR) is 60.2 cm³/mol. The summed E-state index contributed by atoms with van der Waals surface area (Å²) in [6.45, 7) is 0. The molecule has 4 heteroatoms. The van der Waals surface area contributed by atoms with Crippen LogP contribution in [0.15, 0.2) is 10.5 Å². The van der Waals surface area contributed by atoms with Crippen LogP contribution in [0.2, 0.25) is 0 Å². The van der Waals surface area contributed by atoms with Gasteiger partial charge in [0.15, 0.2) is 0 Å². The zero-order valence-corrected chi connectivity index (χ0v) is 8.94. The quantitative estimate of drug-likeness (QED) is 0.836. The van der Waals surface area contributed by atoms with Crippen LogP contribution in [0, 0.1) is 0 Å². The van der Waals surface area contributed by atoms with Gasteiger partial charge >= 0.3 is 0 Å². The van der Waals surface area contributed by atoms with E-state index < -0.39 is 0 Å². The Labute approximate surface area is 92.9 Å². The van der Waals surface area contributed by atoms with Gasteiger partial charge in [-0.2, -0.15) is 0 Å². The van der Waals surface area contributed by atoms with Gasteiger partial charge in [0, 0.05) is 11.8 Å². The summed E-state index contributed by atoms with van der Waals surface area (Å²) in [7, 11) is 0. The fraction of sp³-hybridized carbons (Fsp3) is 0.500. The second kappa shape index (κ2) is 2.75. The van der Waals surface area contributed by atoms with Crippen LogP contribution in [0.25, 0.3) is 11.2 Å². The highest BCUT2D eigenvalue weighted by Crippen LogP contribution is 2.44. The SMILES string of the molecule is Nc1cc2nc(C3CC3)oc2nc1C1CC1. The fourth-order valence-corrected chi connectivity index (χ4v) is 2.10. The number of nitrogens with two attached hydrogens (primary N) is 1. The van der Waals surface area contributed by atoms with Crippen LogP contribution in [0.5, 0.6) is 0 Å². The summed E-state index contributed by atoms with van der Waals surface area (Å²) >= 11 is 0. The van der Waals surface area contributed by atoms with Crippen LogP contribution in [-0.2, 0) is 0 Å². The van der Waals surface area contributed by atoms with Crippen molar-refractivity contribution < 1.29 is 4.42 Å². The van der Waals surface area contributed by atoms with E-state index in [0.717, 1.165) is 22.8 Å². The number of fused-ring (bicyclic) bond motifs is 1. The highest BCUT2D eigenvalue weighted by atomic mass is 16.4. The Bertz CT molecular complexity index is 567. The van der Waals surface area contributed by atoms with E-state index in [1.165, 1.54) is 25.7 Å². The Morgan fingerprint density at radius 3 is 2.56 bits per heavy atom. The average Bonchev–Trinajstić information content (AvgIpc) is 3.13. The van der Waals surface area contributed by atoms with Crippen molar-refractivity contribution in [3.63, 3.8) is 0 Å². The average molecular weight is 215 g/mol. The number of hydrogen-bond acceptors (Lipinski definition) is 4. The van der Waals surface area contributed by atoms with E-state index in [9.17, 15) is 0 Å². The number of nitrogen functional groups attached to an aromatic ring is 1. The normalized spacial score (nSPS) is 20.5. The fourth-order valence-electron chi connectivity index (χ4n) is 2.10. The van der Waals surface area contributed by atoms with Crippen LogP contribution in [-0.4, -0.2) is 9.97 Å². The molecule has 0 aromatic carbocycles. The minimum absolute atomic E-state index is 0.528. The van der Waals surface area contributed by atoms with Crippen LogP contribution in [0.1, 0.15) is 49.1 Å². The van der Waals surface area contributed by atoms with E-state index in [1.54, 1.807) is 0 Å². The van der Waals surface area contributed by atoms with Crippen LogP contribution >= 0.6 is 0 Å². The molecule has 2 aliphatic rings. The third-order valence-electron chi connectivity index (χ3n) is 3.35. The van der Waals surface area contributed by atoms with E-state index in [4.69, 9.17) is 10.2 Å². The molecule has 2 saturated carbocycles. The van der Waals surface area contributed by atoms with E-state index in [1.807, 2.05) is 6.07 Å². The van der Waals surface area contributed by atoms with Gasteiger partial charge in [-0.3, -0.25) is 0 Å². The molecule has 4 nitrogen and oxygen atoms in total. The number of oxazole rings is 1. The Hall–Kier alpha value is -1.58. The largest absolute Gasteiger partial charge is 0.422 e. The van der Waals surface area contributed by atoms with Crippen molar-refractivity contribution in [2.24, 2.45) is 0 Å². The molecular formula is C12H13N3O. The molecule has 82 valence electrons. The molecule has 2 aliphatic carbocycles. The summed E-state index contributed by atoms with van der Waals surface area (Å²) < 4.78 is 5.69. The van der Waals surface area contributed by atoms with Gasteiger partial charge in [0.2, 0.25) is 11.6 Å². The molecule has 0 bridgehead atoms. The van der Waals surface area contributed by atoms with Gasteiger partial charge < -0.3 is 10.2 Å². The Morgan fingerprint density at radius 2 is 1.88 bits per heavy atom. The van der Waals surface area contributed by atoms with Crippen molar-refractivity contribution >= 4 is 16.9 Å². The van der Waals surface area contributed by atoms with E-state index >= 15 is 0 Å². The molecule has 0 aliphatic heterocycles. The monoisotopic (exact) mass is 215 g/mol. The molecular weight excluding hydrogens is 202 g/mol. The molecule has 0 radical (unpaired) electrons. The maximum absolute atomic E-state index is 5.98. The zero-order chi connectivity index (χ0) is 10.7. The summed E-state index contributed by atoms with van der Waals surface area (Å²) in [6, 6.07) is 1.91. The minimum Gasteiger partial charge on any atom is -0.422 e. The molecule has 2 aromatic heterocycles. The first kappa shape index (κ1) is 8.56. The Kier molecular flexibility index (Phi) is 1.47. The first-order valence-electron chi connectivity index (χ1n) is 5.88. The van der Waals surface area contributed by atoms with E-state index in [-0.39, 0.29) is 0 Å². The standard InChI is InChI=1S/C12H13N3O/c13-8-5-9-12(15-10(8)6-1-2-6)16-11(14-9)7-3-4-7/h5-7H,1-4,13H2. The Balaban J connectivity index is 1.89. The van der Waals surface area contributed by atoms with Crippen molar-refractivity contribution in [3.05, 3.63) is 17.7 Å². The lowest BCUT2D eigenvalue weighted by Crippen LogP contribution is -1.95. The van der Waals surface area contributed by atoms with Crippen molar-refractivity contribution in [1.29, 1.82) is 0 Å². The molecule has 0 atom stereocenters. The number of aromatic nitrogens is 2. The number of rotatable bonds is 2. The minimum atomic E-state index is 0.528. The van der Waals surface area contributed by atoms with Gasteiger partial charge in [-0.05, 0) is 31.7 Å². The smallest absolute Gasteiger partial charge is 0.247 e. The molecule has 0 amide bonds. The van der Waals surface area contributed by atoms with Crippen molar-refractivity contribution in [1.82, 2.24) is 9.97 Å². The molecule has 0 saturated heterocycles. The summed E-state index contributed by atoms with van der Waals surface area (Å²) in [6.07, 6.45) is 4.79. The zero-order valence-electron chi connectivity index (χ0n) is 8.94. The summed E-state index contributed by atoms with van der Waals surface area (Å²) in [5.41, 5.74) is 9.23. The number of nitrogens with zero attached hydrogens (tertiary/aromatic N) is 2. The summed E-state index contributed by atoms with van der Waals surface area (Å²) in [4.78, 5) is 8.96. The van der Waals surface area contributed by atoms with Crippen LogP contribution in [0.3, 0.4) is 0 Å². The number of pyridine rings is 1. The molecule has 0 unspecified atom stereocenters. The molecule has 16 heavy (non-hydrogen) atoms. The third-order valence-corrected chi connectivity index (χ3v) is 3.35. The molecule has 2 heterocycles. The van der Waals surface area contributed by atoms with Gasteiger partial charge in [-0.15, -0.1) is 0 Å². The van der Waals surface area contributed by atoms with Gasteiger partial charge in [-0.1, -0.05) is 0 Å². The second-order valence-electron chi connectivity index (χ2n) is 4.89. The molecule has 2 fully saturated rings. The van der Waals surface area contributed by atoms with Gasteiger partial charge in [-0.25, -0.2) is 9.97 Å². The van der Waals surface area contributed by atoms with Crippen LogP contribution < -0.4 is 5.73 Å². The second-order valence-corrected chi connectivity index (χ2v) is 4.89. The highest BCUT2D eigenvalue weighted by molar-refractivity contribution is 5.74. The molecule has 0 spiro atoms. The molecule has 4 rings (SSSR count).